The van der Waals surface area contributed by atoms with Crippen LogP contribution in [0.4, 0.5) is 0 Å². The van der Waals surface area contributed by atoms with Crippen LogP contribution in [-0.2, 0) is 18.6 Å². The van der Waals surface area contributed by atoms with Gasteiger partial charge in [-0.05, 0) is 17.5 Å². The van der Waals surface area contributed by atoms with Crippen LogP contribution < -0.4 is 5.56 Å². The number of phosphoric acid groups is 1. The number of aliphatic hydroxyl groups is 1. The van der Waals surface area contributed by atoms with Crippen molar-refractivity contribution in [3.05, 3.63) is 46.9 Å². The molecular formula is C15H16NO8P. The van der Waals surface area contributed by atoms with E-state index in [1.807, 2.05) is 6.07 Å². The van der Waals surface area contributed by atoms with Crippen LogP contribution in [0.5, 0.6) is 0 Å². The van der Waals surface area contributed by atoms with Crippen molar-refractivity contribution in [3.8, 4) is 0 Å². The van der Waals surface area contributed by atoms with Crippen molar-refractivity contribution < 1.29 is 33.5 Å². The molecule has 0 saturated carbocycles. The number of phosphoric ester groups is 1. The van der Waals surface area contributed by atoms with E-state index >= 15 is 0 Å². The highest BCUT2D eigenvalue weighted by atomic mass is 31.2. The Hall–Kier alpha value is -1.58. The van der Waals surface area contributed by atoms with Crippen LogP contribution in [0.3, 0.4) is 0 Å². The smallest absolute Gasteiger partial charge is 0.393 e. The van der Waals surface area contributed by atoms with Crippen molar-refractivity contribution in [2.75, 3.05) is 13.2 Å². The predicted molar refractivity (Wildman–Crippen MR) is 84.8 cm³/mol. The maximum Gasteiger partial charge on any atom is 0.470 e. The number of benzene rings is 1. The zero-order valence-electron chi connectivity index (χ0n) is 12.9. The standard InChI is InChI=1S/C15H16NO8P/c17-7-15-8-22-11(12(15)24-25(19,20)21)14(23-15)16-6-5-9-3-1-2-4-10(9)13(16)18/h1-6,11-12,14,17H,7-8H2,(H2,19,20,21)/t11-,12-,14?,15-/m0/s1. The fourth-order valence-electron chi connectivity index (χ4n) is 3.44. The van der Waals surface area contributed by atoms with Gasteiger partial charge in [-0.25, -0.2) is 4.57 Å². The van der Waals surface area contributed by atoms with Crippen LogP contribution in [-0.4, -0.2) is 50.5 Å². The summed E-state index contributed by atoms with van der Waals surface area (Å²) in [6, 6.07) is 8.76. The maximum absolute atomic E-state index is 12.7. The number of aromatic nitrogens is 1. The van der Waals surface area contributed by atoms with E-state index in [1.165, 1.54) is 10.8 Å². The highest BCUT2D eigenvalue weighted by Gasteiger charge is 2.64. The van der Waals surface area contributed by atoms with E-state index in [0.717, 1.165) is 5.39 Å². The minimum Gasteiger partial charge on any atom is -0.393 e. The van der Waals surface area contributed by atoms with Crippen LogP contribution in [0.25, 0.3) is 10.8 Å². The Bertz CT molecular complexity index is 923. The molecule has 2 fully saturated rings. The third kappa shape index (κ3) is 2.65. The quantitative estimate of drug-likeness (QED) is 0.650. The molecule has 0 amide bonds. The van der Waals surface area contributed by atoms with Gasteiger partial charge in [0.2, 0.25) is 0 Å². The van der Waals surface area contributed by atoms with Gasteiger partial charge in [-0.1, -0.05) is 18.2 Å². The van der Waals surface area contributed by atoms with Crippen molar-refractivity contribution in [2.45, 2.75) is 24.0 Å². The summed E-state index contributed by atoms with van der Waals surface area (Å²) in [5.41, 5.74) is -1.76. The minimum atomic E-state index is -4.83. The summed E-state index contributed by atoms with van der Waals surface area (Å²) in [6.07, 6.45) is -1.56. The van der Waals surface area contributed by atoms with Crippen LogP contribution in [0, 0.1) is 0 Å². The van der Waals surface area contributed by atoms with Gasteiger partial charge >= 0.3 is 7.82 Å². The average Bonchev–Trinajstić information content (AvgIpc) is 3.06. The second-order valence-corrected chi connectivity index (χ2v) is 7.33. The third-order valence-electron chi connectivity index (χ3n) is 4.61. The summed E-state index contributed by atoms with van der Waals surface area (Å²) < 4.78 is 28.7. The fourth-order valence-corrected chi connectivity index (χ4v) is 4.05. The Kier molecular flexibility index (Phi) is 3.86. The number of aliphatic hydroxyl groups excluding tert-OH is 1. The van der Waals surface area contributed by atoms with Gasteiger partial charge < -0.3 is 24.4 Å². The van der Waals surface area contributed by atoms with Gasteiger partial charge in [0.05, 0.1) is 13.2 Å². The van der Waals surface area contributed by atoms with E-state index < -0.39 is 38.5 Å². The number of hydrogen-bond acceptors (Lipinski definition) is 6. The number of hydrogen-bond donors (Lipinski definition) is 3. The zero-order valence-corrected chi connectivity index (χ0v) is 13.8. The predicted octanol–water partition coefficient (Wildman–Crippen LogP) is 0.138. The van der Waals surface area contributed by atoms with E-state index in [0.29, 0.717) is 5.39 Å². The molecule has 2 bridgehead atoms. The van der Waals surface area contributed by atoms with Crippen LogP contribution in [0.2, 0.25) is 0 Å². The third-order valence-corrected chi connectivity index (χ3v) is 5.11. The van der Waals surface area contributed by atoms with Crippen LogP contribution >= 0.6 is 7.82 Å². The number of rotatable bonds is 4. The number of pyridine rings is 1. The molecule has 2 aliphatic rings. The van der Waals surface area contributed by atoms with Gasteiger partial charge in [-0.15, -0.1) is 0 Å². The molecule has 4 atom stereocenters. The SMILES string of the molecule is O=c1c2ccccc2ccn1C1O[C@@]2(CO)CO[C@H]1[C@@H]2OP(=O)(O)O. The molecule has 25 heavy (non-hydrogen) atoms. The molecule has 134 valence electrons. The van der Waals surface area contributed by atoms with Crippen molar-refractivity contribution >= 4 is 18.6 Å². The van der Waals surface area contributed by atoms with Crippen molar-refractivity contribution in [2.24, 2.45) is 0 Å². The Labute approximate surface area is 141 Å². The van der Waals surface area contributed by atoms with Crippen LogP contribution in [0.15, 0.2) is 41.3 Å². The lowest BCUT2D eigenvalue weighted by Crippen LogP contribution is -2.45. The van der Waals surface area contributed by atoms with Gasteiger partial charge in [0, 0.05) is 11.6 Å². The molecule has 9 nitrogen and oxygen atoms in total. The Morgan fingerprint density at radius 2 is 2.08 bits per heavy atom. The summed E-state index contributed by atoms with van der Waals surface area (Å²) in [7, 11) is -4.83. The molecule has 1 aromatic carbocycles. The molecule has 2 saturated heterocycles. The Morgan fingerprint density at radius 3 is 2.80 bits per heavy atom. The first kappa shape index (κ1) is 16.9. The number of nitrogens with zero attached hydrogens (tertiary/aromatic N) is 1. The van der Waals surface area contributed by atoms with E-state index in [4.69, 9.17) is 23.8 Å². The topological polar surface area (TPSA) is 127 Å². The second kappa shape index (κ2) is 5.72. The molecule has 2 aliphatic heterocycles. The van der Waals surface area contributed by atoms with Crippen molar-refractivity contribution in [3.63, 3.8) is 0 Å². The molecule has 10 heteroatoms. The molecule has 0 aliphatic carbocycles. The normalized spacial score (nSPS) is 31.7. The van der Waals surface area contributed by atoms with Gasteiger partial charge in [-0.3, -0.25) is 13.9 Å². The lowest BCUT2D eigenvalue weighted by atomic mass is 10.0. The number of fused-ring (bicyclic) bond motifs is 3. The van der Waals surface area contributed by atoms with E-state index in [1.54, 1.807) is 24.3 Å². The maximum atomic E-state index is 12.7. The largest absolute Gasteiger partial charge is 0.470 e. The molecule has 4 rings (SSSR count). The molecule has 3 heterocycles. The first-order valence-electron chi connectivity index (χ1n) is 7.59. The summed E-state index contributed by atoms with van der Waals surface area (Å²) >= 11 is 0. The second-order valence-electron chi connectivity index (χ2n) is 6.14. The van der Waals surface area contributed by atoms with E-state index in [-0.39, 0.29) is 12.2 Å². The van der Waals surface area contributed by atoms with Gasteiger partial charge in [0.1, 0.15) is 17.8 Å². The molecule has 3 N–H and O–H groups in total. The summed E-state index contributed by atoms with van der Waals surface area (Å²) in [6.45, 7) is -0.648. The average molecular weight is 369 g/mol. The molecule has 2 aromatic rings. The van der Waals surface area contributed by atoms with Crippen molar-refractivity contribution in [1.29, 1.82) is 0 Å². The minimum absolute atomic E-state index is 0.0856. The highest BCUT2D eigenvalue weighted by molar-refractivity contribution is 7.46. The monoisotopic (exact) mass is 369 g/mol. The van der Waals surface area contributed by atoms with E-state index in [2.05, 4.69) is 0 Å². The molecule has 1 aromatic heterocycles. The Balaban J connectivity index is 1.77. The Morgan fingerprint density at radius 1 is 1.32 bits per heavy atom. The van der Waals surface area contributed by atoms with Crippen molar-refractivity contribution in [1.82, 2.24) is 4.57 Å². The molecule has 1 unspecified atom stereocenters. The molecule has 0 radical (unpaired) electrons. The highest BCUT2D eigenvalue weighted by Crippen LogP contribution is 2.52. The first-order chi connectivity index (χ1) is 11.8. The van der Waals surface area contributed by atoms with Gasteiger partial charge in [-0.2, -0.15) is 0 Å². The summed E-state index contributed by atoms with van der Waals surface area (Å²) in [5, 5.41) is 10.9. The summed E-state index contributed by atoms with van der Waals surface area (Å²) in [4.78, 5) is 31.0. The molecular weight excluding hydrogens is 353 g/mol. The van der Waals surface area contributed by atoms with Gasteiger partial charge in [0.15, 0.2) is 6.23 Å². The van der Waals surface area contributed by atoms with E-state index in [9.17, 15) is 14.5 Å². The fraction of sp³-hybridized carbons (Fsp3) is 0.400. The molecule has 0 spiro atoms. The lowest BCUT2D eigenvalue weighted by Gasteiger charge is -2.30. The zero-order chi connectivity index (χ0) is 17.8. The van der Waals surface area contributed by atoms with Gasteiger partial charge in [0.25, 0.3) is 5.56 Å². The van der Waals surface area contributed by atoms with Crippen LogP contribution in [0.1, 0.15) is 6.23 Å². The lowest BCUT2D eigenvalue weighted by molar-refractivity contribution is -0.186. The first-order valence-corrected chi connectivity index (χ1v) is 9.12. The summed E-state index contributed by atoms with van der Waals surface area (Å²) in [5.74, 6) is 0. The number of ether oxygens (including phenoxy) is 2.